The summed E-state index contributed by atoms with van der Waals surface area (Å²) in [6, 6.07) is 15.1. The number of hydrogen-bond acceptors (Lipinski definition) is 5. The van der Waals surface area contributed by atoms with Gasteiger partial charge in [0.2, 0.25) is 0 Å². The number of thiazole rings is 1. The summed E-state index contributed by atoms with van der Waals surface area (Å²) in [5, 5.41) is 19.6. The van der Waals surface area contributed by atoms with Gasteiger partial charge in [-0.05, 0) is 41.5 Å². The first-order chi connectivity index (χ1) is 14.4. The second kappa shape index (κ2) is 7.43. The molecule has 0 amide bonds. The van der Waals surface area contributed by atoms with Crippen LogP contribution in [0.5, 0.6) is 0 Å². The Hall–Kier alpha value is -4.01. The maximum atomic E-state index is 13.4. The van der Waals surface area contributed by atoms with Crippen LogP contribution in [0.2, 0.25) is 0 Å². The Kier molecular flexibility index (Phi) is 4.78. The van der Waals surface area contributed by atoms with Crippen LogP contribution in [0.1, 0.15) is 17.0 Å². The van der Waals surface area contributed by atoms with Crippen molar-refractivity contribution in [1.29, 1.82) is 10.5 Å². The summed E-state index contributed by atoms with van der Waals surface area (Å²) in [5.74, 6) is -1.73. The first-order valence-electron chi connectivity index (χ1n) is 8.73. The zero-order valence-electron chi connectivity index (χ0n) is 15.3. The number of hydrogen-bond donors (Lipinski definition) is 1. The number of nitrogens with two attached hydrogens (primary N) is 1. The van der Waals surface area contributed by atoms with E-state index in [-0.39, 0.29) is 21.5 Å². The third-order valence-corrected chi connectivity index (χ3v) is 5.87. The molecule has 4 rings (SSSR count). The number of benzene rings is 2. The SMILES string of the molecule is N#CC1=C(N)n2c(s/c(=C/c3ccc(F)cc3)c2=O)=C(C#N)C1c1ccc(F)cc1. The molecule has 0 spiro atoms. The van der Waals surface area contributed by atoms with Crippen LogP contribution in [-0.4, -0.2) is 4.57 Å². The lowest BCUT2D eigenvalue weighted by Crippen LogP contribution is -2.38. The smallest absolute Gasteiger partial charge is 0.274 e. The molecule has 146 valence electrons. The number of nitriles is 2. The molecule has 0 fully saturated rings. The third kappa shape index (κ3) is 3.10. The average molecular weight is 418 g/mol. The van der Waals surface area contributed by atoms with Crippen molar-refractivity contribution in [2.24, 2.45) is 5.73 Å². The van der Waals surface area contributed by atoms with E-state index in [1.807, 2.05) is 6.07 Å². The van der Waals surface area contributed by atoms with Crippen molar-refractivity contribution in [3.8, 4) is 12.1 Å². The van der Waals surface area contributed by atoms with Crippen molar-refractivity contribution in [3.05, 3.63) is 96.4 Å². The highest BCUT2D eigenvalue weighted by Crippen LogP contribution is 2.35. The molecule has 0 saturated heterocycles. The van der Waals surface area contributed by atoms with E-state index in [9.17, 15) is 24.1 Å². The van der Waals surface area contributed by atoms with Gasteiger partial charge in [-0.3, -0.25) is 9.36 Å². The fraction of sp³-hybridized carbons (Fsp3) is 0.0455. The van der Waals surface area contributed by atoms with Gasteiger partial charge in [0.05, 0.1) is 33.7 Å². The molecule has 2 heterocycles. The summed E-state index contributed by atoms with van der Waals surface area (Å²) in [5.41, 5.74) is 7.03. The van der Waals surface area contributed by atoms with Crippen molar-refractivity contribution in [2.45, 2.75) is 5.92 Å². The highest BCUT2D eigenvalue weighted by atomic mass is 32.1. The summed E-state index contributed by atoms with van der Waals surface area (Å²) >= 11 is 1.06. The van der Waals surface area contributed by atoms with E-state index in [1.165, 1.54) is 48.5 Å². The number of allylic oxidation sites excluding steroid dienone is 1. The average Bonchev–Trinajstić information content (AvgIpc) is 3.06. The molecule has 2 N–H and O–H groups in total. The molecule has 0 radical (unpaired) electrons. The van der Waals surface area contributed by atoms with E-state index in [0.717, 1.165) is 15.9 Å². The molecule has 1 aliphatic heterocycles. The van der Waals surface area contributed by atoms with E-state index < -0.39 is 23.1 Å². The molecule has 1 unspecified atom stereocenters. The van der Waals surface area contributed by atoms with Gasteiger partial charge in [-0.25, -0.2) is 8.78 Å². The Bertz CT molecular complexity index is 1450. The Morgan fingerprint density at radius 2 is 1.53 bits per heavy atom. The van der Waals surface area contributed by atoms with Gasteiger partial charge in [-0.15, -0.1) is 11.3 Å². The molecular weight excluding hydrogens is 406 g/mol. The van der Waals surface area contributed by atoms with Crippen molar-refractivity contribution < 1.29 is 8.78 Å². The van der Waals surface area contributed by atoms with Gasteiger partial charge in [0, 0.05) is 0 Å². The summed E-state index contributed by atoms with van der Waals surface area (Å²) in [4.78, 5) is 13.0. The van der Waals surface area contributed by atoms with E-state index in [2.05, 4.69) is 6.07 Å². The fourth-order valence-electron chi connectivity index (χ4n) is 3.35. The first-order valence-corrected chi connectivity index (χ1v) is 9.55. The second-order valence-electron chi connectivity index (χ2n) is 6.53. The lowest BCUT2D eigenvalue weighted by Gasteiger charge is -2.22. The Balaban J connectivity index is 2.04. The molecule has 1 atom stereocenters. The van der Waals surface area contributed by atoms with Crippen LogP contribution < -0.4 is 20.5 Å². The van der Waals surface area contributed by atoms with Crippen molar-refractivity contribution in [3.63, 3.8) is 0 Å². The molecular formula is C22H12F2N4OS. The van der Waals surface area contributed by atoms with Crippen molar-refractivity contribution in [1.82, 2.24) is 4.57 Å². The molecule has 0 bridgehead atoms. The van der Waals surface area contributed by atoms with Crippen LogP contribution in [0.3, 0.4) is 0 Å². The normalized spacial score (nSPS) is 16.2. The molecule has 0 aliphatic carbocycles. The van der Waals surface area contributed by atoms with Crippen LogP contribution in [0, 0.1) is 34.3 Å². The number of fused-ring (bicyclic) bond motifs is 1. The molecule has 5 nitrogen and oxygen atoms in total. The molecule has 1 aromatic heterocycles. The van der Waals surface area contributed by atoms with Crippen LogP contribution in [-0.2, 0) is 0 Å². The topological polar surface area (TPSA) is 95.6 Å². The minimum absolute atomic E-state index is 0.0406. The lowest BCUT2D eigenvalue weighted by atomic mass is 9.84. The zero-order valence-corrected chi connectivity index (χ0v) is 16.1. The number of nitrogens with zero attached hydrogens (tertiary/aromatic N) is 3. The Labute approximate surface area is 173 Å². The predicted molar refractivity (Wildman–Crippen MR) is 109 cm³/mol. The van der Waals surface area contributed by atoms with E-state index in [1.54, 1.807) is 6.08 Å². The standard InChI is InChI=1S/C22H12F2N4OS/c23-14-5-1-12(2-6-14)9-18-21(29)28-20(27)16(10-25)19(17(11-26)22(28)30-18)13-3-7-15(24)8-4-13/h1-9,19H,27H2/b18-9+. The minimum Gasteiger partial charge on any atom is -0.384 e. The monoisotopic (exact) mass is 418 g/mol. The third-order valence-electron chi connectivity index (χ3n) is 4.76. The van der Waals surface area contributed by atoms with Gasteiger partial charge in [0.25, 0.3) is 5.56 Å². The predicted octanol–water partition coefficient (Wildman–Crippen LogP) is 2.14. The molecule has 0 saturated carbocycles. The largest absolute Gasteiger partial charge is 0.384 e. The maximum Gasteiger partial charge on any atom is 0.274 e. The number of halogens is 2. The maximum absolute atomic E-state index is 13.4. The zero-order chi connectivity index (χ0) is 21.4. The number of rotatable bonds is 2. The molecule has 3 aromatic rings. The van der Waals surface area contributed by atoms with Gasteiger partial charge in [0.1, 0.15) is 22.1 Å². The molecule has 8 heteroatoms. The van der Waals surface area contributed by atoms with E-state index >= 15 is 0 Å². The van der Waals surface area contributed by atoms with Crippen LogP contribution in [0.4, 0.5) is 8.78 Å². The van der Waals surface area contributed by atoms with E-state index in [4.69, 9.17) is 5.73 Å². The molecule has 2 aromatic carbocycles. The highest BCUT2D eigenvalue weighted by molar-refractivity contribution is 7.07. The van der Waals surface area contributed by atoms with E-state index in [0.29, 0.717) is 15.8 Å². The van der Waals surface area contributed by atoms with Crippen LogP contribution in [0.25, 0.3) is 17.5 Å². The first kappa shape index (κ1) is 19.3. The van der Waals surface area contributed by atoms with Gasteiger partial charge in [-0.2, -0.15) is 10.5 Å². The molecule has 1 aliphatic rings. The summed E-state index contributed by atoms with van der Waals surface area (Å²) in [7, 11) is 0. The summed E-state index contributed by atoms with van der Waals surface area (Å²) in [6.45, 7) is 0. The summed E-state index contributed by atoms with van der Waals surface area (Å²) in [6.07, 6.45) is 1.57. The molecule has 30 heavy (non-hydrogen) atoms. The van der Waals surface area contributed by atoms with Gasteiger partial charge >= 0.3 is 0 Å². The van der Waals surface area contributed by atoms with Crippen molar-refractivity contribution in [2.75, 3.05) is 0 Å². The van der Waals surface area contributed by atoms with Crippen LogP contribution >= 0.6 is 11.3 Å². The fourth-order valence-corrected chi connectivity index (χ4v) is 4.48. The quantitative estimate of drug-likeness (QED) is 0.690. The minimum atomic E-state index is -0.808. The number of aromatic nitrogens is 1. The second-order valence-corrected chi connectivity index (χ2v) is 7.56. The lowest BCUT2D eigenvalue weighted by molar-refractivity contribution is 0.626. The Morgan fingerprint density at radius 3 is 2.10 bits per heavy atom. The summed E-state index contributed by atoms with van der Waals surface area (Å²) < 4.78 is 28.3. The van der Waals surface area contributed by atoms with Crippen LogP contribution in [0.15, 0.2) is 58.9 Å². The van der Waals surface area contributed by atoms with Crippen molar-refractivity contribution >= 4 is 28.8 Å². The highest BCUT2D eigenvalue weighted by Gasteiger charge is 2.32. The van der Waals surface area contributed by atoms with Gasteiger partial charge < -0.3 is 5.73 Å². The Morgan fingerprint density at radius 1 is 0.967 bits per heavy atom. The van der Waals surface area contributed by atoms with Gasteiger partial charge in [-0.1, -0.05) is 24.3 Å². The van der Waals surface area contributed by atoms with Gasteiger partial charge in [0.15, 0.2) is 0 Å².